The molecule has 0 amide bonds. The molecule has 0 aromatic carbocycles. The van der Waals surface area contributed by atoms with Crippen molar-refractivity contribution >= 4 is 19.8 Å². The molecule has 0 saturated heterocycles. The summed E-state index contributed by atoms with van der Waals surface area (Å²) in [6, 6.07) is 0. The summed E-state index contributed by atoms with van der Waals surface area (Å²) in [5, 5.41) is 0. The lowest BCUT2D eigenvalue weighted by Gasteiger charge is -2.18. The Balaban J connectivity index is 3.72. The van der Waals surface area contributed by atoms with Gasteiger partial charge >= 0.3 is 19.8 Å². The van der Waals surface area contributed by atoms with Crippen molar-refractivity contribution in [2.45, 2.75) is 136 Å². The predicted octanol–water partition coefficient (Wildman–Crippen LogP) is 6.61. The van der Waals surface area contributed by atoms with Gasteiger partial charge in [-0.15, -0.1) is 0 Å². The third kappa shape index (κ3) is 24.2. The number of phosphoric ester groups is 1. The Morgan fingerprint density at radius 1 is 0.647 bits per heavy atom. The molecule has 0 heterocycles. The molecule has 9 heteroatoms. The van der Waals surface area contributed by atoms with Gasteiger partial charge in [0.15, 0.2) is 6.10 Å². The summed E-state index contributed by atoms with van der Waals surface area (Å²) >= 11 is 0. The Bertz CT molecular complexity index is 549. The summed E-state index contributed by atoms with van der Waals surface area (Å²) in [4.78, 5) is 41.2. The maximum Gasteiger partial charge on any atom is 0.469 e. The lowest BCUT2D eigenvalue weighted by Crippen LogP contribution is -2.29. The molecule has 0 bridgehead atoms. The van der Waals surface area contributed by atoms with Crippen molar-refractivity contribution in [1.29, 1.82) is 0 Å². The van der Waals surface area contributed by atoms with Crippen molar-refractivity contribution in [3.8, 4) is 0 Å². The molecule has 2 N–H and O–H groups in total. The van der Waals surface area contributed by atoms with E-state index >= 15 is 0 Å². The molecule has 0 aliphatic heterocycles. The maximum absolute atomic E-state index is 11.9. The van der Waals surface area contributed by atoms with Gasteiger partial charge in [0.05, 0.1) is 6.61 Å². The largest absolute Gasteiger partial charge is 0.469 e. The van der Waals surface area contributed by atoms with Crippen molar-refractivity contribution < 1.29 is 37.9 Å². The standard InChI is InChI=1S/C25H49O8P/c1-3-5-6-7-8-9-10-11-12-13-14-15-16-17-18-20-24(26)31-21-23(22-32-34(28,29)30)33-25(27)19-4-2/h23H,3-22H2,1-2H3,(H2,28,29,30)/t23-/m1/s1. The molecular formula is C25H49O8P. The van der Waals surface area contributed by atoms with Crippen LogP contribution in [0.1, 0.15) is 129 Å². The normalized spacial score (nSPS) is 12.5. The zero-order chi connectivity index (χ0) is 25.5. The average Bonchev–Trinajstić information content (AvgIpc) is 2.77. The van der Waals surface area contributed by atoms with E-state index in [9.17, 15) is 14.2 Å². The quantitative estimate of drug-likeness (QED) is 0.0849. The first kappa shape index (κ1) is 33.0. The number of rotatable bonds is 24. The highest BCUT2D eigenvalue weighted by atomic mass is 31.2. The van der Waals surface area contributed by atoms with Crippen molar-refractivity contribution in [2.24, 2.45) is 0 Å². The number of carbonyl (C=O) groups is 2. The topological polar surface area (TPSA) is 119 Å². The van der Waals surface area contributed by atoms with Crippen LogP contribution in [-0.2, 0) is 28.2 Å². The van der Waals surface area contributed by atoms with Crippen molar-refractivity contribution in [2.75, 3.05) is 13.2 Å². The lowest BCUT2D eigenvalue weighted by atomic mass is 10.0. The number of ether oxygens (including phenoxy) is 2. The van der Waals surface area contributed by atoms with Gasteiger partial charge in [-0.2, -0.15) is 0 Å². The molecule has 0 radical (unpaired) electrons. The molecule has 34 heavy (non-hydrogen) atoms. The SMILES string of the molecule is CCCCCCCCCCCCCCCCCC(=O)OC[C@H](COP(=O)(O)O)OC(=O)CCC. The number of hydrogen-bond acceptors (Lipinski definition) is 6. The zero-order valence-electron chi connectivity index (χ0n) is 21.5. The van der Waals surface area contributed by atoms with E-state index in [4.69, 9.17) is 19.3 Å². The monoisotopic (exact) mass is 508 g/mol. The maximum atomic E-state index is 11.9. The minimum absolute atomic E-state index is 0.166. The molecule has 1 atom stereocenters. The van der Waals surface area contributed by atoms with E-state index in [1.165, 1.54) is 77.0 Å². The third-order valence-electron chi connectivity index (χ3n) is 5.60. The third-order valence-corrected chi connectivity index (χ3v) is 6.08. The fourth-order valence-electron chi connectivity index (χ4n) is 3.64. The number of hydrogen-bond donors (Lipinski definition) is 2. The van der Waals surface area contributed by atoms with Crippen LogP contribution in [0, 0.1) is 0 Å². The first-order valence-electron chi connectivity index (χ1n) is 13.3. The highest BCUT2D eigenvalue weighted by molar-refractivity contribution is 7.46. The first-order chi connectivity index (χ1) is 16.3. The van der Waals surface area contributed by atoms with Crippen LogP contribution in [0.3, 0.4) is 0 Å². The number of unbranched alkanes of at least 4 members (excludes halogenated alkanes) is 14. The molecule has 0 fully saturated rings. The lowest BCUT2D eigenvalue weighted by molar-refractivity contribution is -0.161. The fraction of sp³-hybridized carbons (Fsp3) is 0.920. The number of phosphoric acid groups is 1. The van der Waals surface area contributed by atoms with Gasteiger partial charge in [-0.25, -0.2) is 4.57 Å². The summed E-state index contributed by atoms with van der Waals surface area (Å²) in [5.41, 5.74) is 0. The average molecular weight is 509 g/mol. The number of esters is 2. The second-order valence-electron chi connectivity index (χ2n) is 9.03. The molecule has 0 aromatic heterocycles. The van der Waals surface area contributed by atoms with Crippen molar-refractivity contribution in [1.82, 2.24) is 0 Å². The van der Waals surface area contributed by atoms with Gasteiger partial charge < -0.3 is 19.3 Å². The molecular weight excluding hydrogens is 459 g/mol. The Kier molecular flexibility index (Phi) is 21.9. The van der Waals surface area contributed by atoms with E-state index in [1.807, 2.05) is 0 Å². The molecule has 0 aliphatic carbocycles. The van der Waals surface area contributed by atoms with Crippen LogP contribution in [0.4, 0.5) is 0 Å². The first-order valence-corrected chi connectivity index (χ1v) is 14.9. The van der Waals surface area contributed by atoms with Gasteiger partial charge in [0.2, 0.25) is 0 Å². The van der Waals surface area contributed by atoms with Gasteiger partial charge in [-0.1, -0.05) is 104 Å². The van der Waals surface area contributed by atoms with Crippen molar-refractivity contribution in [3.05, 3.63) is 0 Å². The van der Waals surface area contributed by atoms with E-state index in [0.717, 1.165) is 19.3 Å². The van der Waals surface area contributed by atoms with Crippen LogP contribution in [0.15, 0.2) is 0 Å². The summed E-state index contributed by atoms with van der Waals surface area (Å²) in [5.74, 6) is -0.942. The van der Waals surface area contributed by atoms with Crippen LogP contribution >= 0.6 is 7.82 Å². The molecule has 0 spiro atoms. The summed E-state index contributed by atoms with van der Waals surface area (Å²) in [6.07, 6.45) is 18.7. The van der Waals surface area contributed by atoms with E-state index < -0.39 is 32.5 Å². The Hall–Kier alpha value is -0.950. The smallest absolute Gasteiger partial charge is 0.462 e. The van der Waals surface area contributed by atoms with Crippen LogP contribution in [0.2, 0.25) is 0 Å². The van der Waals surface area contributed by atoms with Gasteiger partial charge in [-0.05, 0) is 12.8 Å². The van der Waals surface area contributed by atoms with E-state index in [1.54, 1.807) is 6.92 Å². The van der Waals surface area contributed by atoms with Gasteiger partial charge in [0, 0.05) is 12.8 Å². The van der Waals surface area contributed by atoms with Crippen LogP contribution < -0.4 is 0 Å². The van der Waals surface area contributed by atoms with Crippen LogP contribution in [0.25, 0.3) is 0 Å². The van der Waals surface area contributed by atoms with Crippen LogP contribution in [0.5, 0.6) is 0 Å². The van der Waals surface area contributed by atoms with E-state index in [-0.39, 0.29) is 19.4 Å². The minimum Gasteiger partial charge on any atom is -0.462 e. The van der Waals surface area contributed by atoms with Gasteiger partial charge in [-0.3, -0.25) is 14.1 Å². The van der Waals surface area contributed by atoms with Gasteiger partial charge in [0.1, 0.15) is 6.61 Å². The molecule has 0 rings (SSSR count). The molecule has 0 unspecified atom stereocenters. The summed E-state index contributed by atoms with van der Waals surface area (Å²) < 4.78 is 25.5. The molecule has 0 saturated carbocycles. The second-order valence-corrected chi connectivity index (χ2v) is 10.3. The van der Waals surface area contributed by atoms with Gasteiger partial charge in [0.25, 0.3) is 0 Å². The Morgan fingerprint density at radius 3 is 1.56 bits per heavy atom. The van der Waals surface area contributed by atoms with Crippen LogP contribution in [-0.4, -0.2) is 41.0 Å². The Morgan fingerprint density at radius 2 is 1.12 bits per heavy atom. The zero-order valence-corrected chi connectivity index (χ0v) is 22.4. The second kappa shape index (κ2) is 22.5. The fourth-order valence-corrected chi connectivity index (χ4v) is 4.00. The molecule has 8 nitrogen and oxygen atoms in total. The van der Waals surface area contributed by atoms with E-state index in [2.05, 4.69) is 11.4 Å². The highest BCUT2D eigenvalue weighted by Gasteiger charge is 2.22. The summed E-state index contributed by atoms with van der Waals surface area (Å²) in [7, 11) is -4.70. The minimum atomic E-state index is -4.70. The van der Waals surface area contributed by atoms with Crippen molar-refractivity contribution in [3.63, 3.8) is 0 Å². The predicted molar refractivity (Wildman–Crippen MR) is 133 cm³/mol. The molecule has 202 valence electrons. The highest BCUT2D eigenvalue weighted by Crippen LogP contribution is 2.35. The number of carbonyl (C=O) groups excluding carboxylic acids is 2. The molecule has 0 aliphatic rings. The Labute approximate surface area is 206 Å². The summed E-state index contributed by atoms with van der Waals surface area (Å²) in [6.45, 7) is 3.23. The van der Waals surface area contributed by atoms with E-state index in [0.29, 0.717) is 6.42 Å². The molecule has 0 aromatic rings.